The van der Waals surface area contributed by atoms with Gasteiger partial charge < -0.3 is 10.1 Å². The van der Waals surface area contributed by atoms with E-state index < -0.39 is 22.7 Å². The fourth-order valence-electron chi connectivity index (χ4n) is 2.68. The number of H-pyrrole nitrogens is 1. The summed E-state index contributed by atoms with van der Waals surface area (Å²) in [5.74, 6) is -1.61. The van der Waals surface area contributed by atoms with Gasteiger partial charge in [-0.25, -0.2) is 9.78 Å². The predicted octanol–water partition coefficient (Wildman–Crippen LogP) is 5.00. The molecule has 5 nitrogen and oxygen atoms in total. The summed E-state index contributed by atoms with van der Waals surface area (Å²) in [6.07, 6.45) is -4.86. The third-order valence-electron chi connectivity index (χ3n) is 3.85. The zero-order chi connectivity index (χ0) is 19.2. The van der Waals surface area contributed by atoms with Crippen LogP contribution in [0.1, 0.15) is 46.4 Å². The molecule has 0 unspecified atom stereocenters. The summed E-state index contributed by atoms with van der Waals surface area (Å²) in [4.78, 5) is 16.9. The van der Waals surface area contributed by atoms with Crippen LogP contribution in [-0.2, 0) is 6.18 Å². The van der Waals surface area contributed by atoms with E-state index in [0.717, 1.165) is 5.69 Å². The van der Waals surface area contributed by atoms with Crippen molar-refractivity contribution >= 4 is 28.2 Å². The lowest BCUT2D eigenvalue weighted by Crippen LogP contribution is -2.11. The Morgan fingerprint density at radius 1 is 1.38 bits per heavy atom. The Balaban J connectivity index is 2.21. The van der Waals surface area contributed by atoms with Crippen LogP contribution in [0.4, 0.5) is 13.2 Å². The summed E-state index contributed by atoms with van der Waals surface area (Å²) in [6.45, 7) is 3.84. The summed E-state index contributed by atoms with van der Waals surface area (Å²) in [7, 11) is 0. The van der Waals surface area contributed by atoms with Gasteiger partial charge in [-0.1, -0.05) is 13.8 Å². The van der Waals surface area contributed by atoms with Crippen molar-refractivity contribution in [1.82, 2.24) is 9.97 Å². The monoisotopic (exact) mass is 379 g/mol. The van der Waals surface area contributed by atoms with E-state index in [1.807, 2.05) is 13.8 Å². The Hall–Kier alpha value is -2.86. The lowest BCUT2D eigenvalue weighted by Gasteiger charge is -2.02. The van der Waals surface area contributed by atoms with Crippen molar-refractivity contribution in [2.45, 2.75) is 25.9 Å². The first kappa shape index (κ1) is 17.9. The molecule has 0 bridgehead atoms. The number of alkyl halides is 3. The van der Waals surface area contributed by atoms with Crippen molar-refractivity contribution in [2.75, 3.05) is 0 Å². The van der Waals surface area contributed by atoms with Crippen LogP contribution in [-0.4, -0.2) is 21.0 Å². The smallest absolute Gasteiger partial charge is 0.435 e. The lowest BCUT2D eigenvalue weighted by molar-refractivity contribution is -0.141. The van der Waals surface area contributed by atoms with Crippen LogP contribution in [0.5, 0.6) is 0 Å². The molecule has 0 spiro atoms. The van der Waals surface area contributed by atoms with Crippen LogP contribution in [0.25, 0.3) is 21.5 Å². The third-order valence-corrected chi connectivity index (χ3v) is 4.95. The summed E-state index contributed by atoms with van der Waals surface area (Å²) in [6, 6.07) is 6.87. The van der Waals surface area contributed by atoms with Crippen LogP contribution in [0, 0.1) is 11.3 Å². The number of nitriles is 1. The number of carboxylic acids is 1. The van der Waals surface area contributed by atoms with Crippen molar-refractivity contribution in [3.05, 3.63) is 40.0 Å². The molecule has 3 aromatic rings. The molecule has 134 valence electrons. The van der Waals surface area contributed by atoms with Gasteiger partial charge in [-0.05, 0) is 24.1 Å². The number of nitrogens with one attached hydrogen (secondary N) is 1. The molecule has 1 aromatic carbocycles. The van der Waals surface area contributed by atoms with Crippen LogP contribution < -0.4 is 0 Å². The average Bonchev–Trinajstić information content (AvgIpc) is 3.15. The van der Waals surface area contributed by atoms with Gasteiger partial charge in [0, 0.05) is 22.2 Å². The quantitative estimate of drug-likeness (QED) is 0.670. The largest absolute Gasteiger partial charge is 0.477 e. The Morgan fingerprint density at radius 3 is 2.58 bits per heavy atom. The molecule has 9 heteroatoms. The number of aromatic carboxylic acids is 1. The fraction of sp³-hybridized carbons (Fsp3) is 0.235. The SMILES string of the molecule is CC(C)c1[nH]c2ccc(-c3nc(C(F)(F)F)c(C(=O)O)s3)cc2c1C#N. The summed E-state index contributed by atoms with van der Waals surface area (Å²) < 4.78 is 39.1. The fourth-order valence-corrected chi connectivity index (χ4v) is 3.60. The van der Waals surface area contributed by atoms with Crippen LogP contribution >= 0.6 is 11.3 Å². The lowest BCUT2D eigenvalue weighted by atomic mass is 10.0. The molecular formula is C17H12F3N3O2S. The number of benzene rings is 1. The summed E-state index contributed by atoms with van der Waals surface area (Å²) in [5, 5.41) is 19.0. The Bertz CT molecular complexity index is 1060. The first-order valence-corrected chi connectivity index (χ1v) is 8.32. The van der Waals surface area contributed by atoms with Gasteiger partial charge in [0.25, 0.3) is 0 Å². The van der Waals surface area contributed by atoms with Crippen LogP contribution in [0.15, 0.2) is 18.2 Å². The molecule has 0 aliphatic heterocycles. The number of carbonyl (C=O) groups is 1. The number of thiazole rings is 1. The van der Waals surface area contributed by atoms with Crippen molar-refractivity contribution in [3.8, 4) is 16.6 Å². The van der Waals surface area contributed by atoms with E-state index in [0.29, 0.717) is 33.4 Å². The van der Waals surface area contributed by atoms with E-state index >= 15 is 0 Å². The zero-order valence-corrected chi connectivity index (χ0v) is 14.4. The second kappa shape index (κ2) is 6.14. The number of hydrogen-bond acceptors (Lipinski definition) is 4. The Morgan fingerprint density at radius 2 is 2.08 bits per heavy atom. The molecule has 0 fully saturated rings. The molecule has 0 amide bonds. The van der Waals surface area contributed by atoms with E-state index in [1.165, 1.54) is 0 Å². The third kappa shape index (κ3) is 2.93. The van der Waals surface area contributed by atoms with E-state index in [1.54, 1.807) is 18.2 Å². The predicted molar refractivity (Wildman–Crippen MR) is 90.2 cm³/mol. The van der Waals surface area contributed by atoms with Gasteiger partial charge in [-0.3, -0.25) is 0 Å². The highest BCUT2D eigenvalue weighted by atomic mass is 32.1. The number of aromatic nitrogens is 2. The van der Waals surface area contributed by atoms with E-state index in [2.05, 4.69) is 16.0 Å². The number of nitrogens with zero attached hydrogens (tertiary/aromatic N) is 2. The highest BCUT2D eigenvalue weighted by Gasteiger charge is 2.39. The van der Waals surface area contributed by atoms with Gasteiger partial charge in [-0.2, -0.15) is 18.4 Å². The minimum absolute atomic E-state index is 0.0622. The molecule has 2 aromatic heterocycles. The number of carboxylic acid groups (broad SMARTS) is 1. The molecule has 0 aliphatic carbocycles. The van der Waals surface area contributed by atoms with Gasteiger partial charge in [0.15, 0.2) is 5.69 Å². The maximum atomic E-state index is 13.0. The second-order valence-corrected chi connectivity index (χ2v) is 6.94. The van der Waals surface area contributed by atoms with Gasteiger partial charge in [0.05, 0.1) is 5.56 Å². The average molecular weight is 379 g/mol. The maximum Gasteiger partial charge on any atom is 0.435 e. The van der Waals surface area contributed by atoms with Gasteiger partial charge >= 0.3 is 12.1 Å². The van der Waals surface area contributed by atoms with Crippen LogP contribution in [0.2, 0.25) is 0 Å². The molecule has 26 heavy (non-hydrogen) atoms. The molecule has 2 heterocycles. The number of hydrogen-bond donors (Lipinski definition) is 2. The summed E-state index contributed by atoms with van der Waals surface area (Å²) in [5.41, 5.74) is 0.748. The molecule has 0 saturated heterocycles. The Labute approximate surface area is 149 Å². The number of halogens is 3. The second-order valence-electron chi connectivity index (χ2n) is 5.94. The molecule has 3 rings (SSSR count). The highest BCUT2D eigenvalue weighted by Crippen LogP contribution is 2.39. The minimum Gasteiger partial charge on any atom is -0.477 e. The normalized spacial score (nSPS) is 11.9. The van der Waals surface area contributed by atoms with Crippen molar-refractivity contribution in [3.63, 3.8) is 0 Å². The molecule has 2 N–H and O–H groups in total. The minimum atomic E-state index is -4.86. The van der Waals surface area contributed by atoms with Gasteiger partial charge in [0.1, 0.15) is 16.0 Å². The van der Waals surface area contributed by atoms with E-state index in [-0.39, 0.29) is 10.9 Å². The summed E-state index contributed by atoms with van der Waals surface area (Å²) >= 11 is 0.459. The van der Waals surface area contributed by atoms with E-state index in [4.69, 9.17) is 5.11 Å². The molecule has 0 aliphatic rings. The molecule has 0 saturated carbocycles. The van der Waals surface area contributed by atoms with Crippen molar-refractivity contribution in [1.29, 1.82) is 5.26 Å². The Kier molecular flexibility index (Phi) is 4.24. The first-order chi connectivity index (χ1) is 12.1. The topological polar surface area (TPSA) is 89.8 Å². The molecular weight excluding hydrogens is 367 g/mol. The number of rotatable bonds is 3. The van der Waals surface area contributed by atoms with Crippen molar-refractivity contribution < 1.29 is 23.1 Å². The van der Waals surface area contributed by atoms with Crippen LogP contribution in [0.3, 0.4) is 0 Å². The highest BCUT2D eigenvalue weighted by molar-refractivity contribution is 7.17. The first-order valence-electron chi connectivity index (χ1n) is 7.51. The van der Waals surface area contributed by atoms with Gasteiger partial charge in [-0.15, -0.1) is 11.3 Å². The standard InChI is InChI=1S/C17H12F3N3O2S/c1-7(2)12-10(6-21)9-5-8(3-4-11(9)22-12)15-23-14(17(18,19)20)13(26-15)16(24)25/h3-5,7,22H,1-2H3,(H,24,25). The van der Waals surface area contributed by atoms with E-state index in [9.17, 15) is 23.2 Å². The number of aromatic amines is 1. The molecule has 0 atom stereocenters. The van der Waals surface area contributed by atoms with Gasteiger partial charge in [0.2, 0.25) is 0 Å². The molecule has 0 radical (unpaired) electrons. The maximum absolute atomic E-state index is 13.0. The van der Waals surface area contributed by atoms with Crippen molar-refractivity contribution in [2.24, 2.45) is 0 Å². The number of fused-ring (bicyclic) bond motifs is 1. The zero-order valence-electron chi connectivity index (χ0n) is 13.6.